The van der Waals surface area contributed by atoms with E-state index in [1.807, 2.05) is 67.7 Å². The first-order chi connectivity index (χ1) is 9.75. The van der Waals surface area contributed by atoms with Crippen LogP contribution < -0.4 is 0 Å². The SMILES string of the molecule is CCC(O)(c1ccccc1)c1cccc2cnccc12. The van der Waals surface area contributed by atoms with Gasteiger partial charge in [0.1, 0.15) is 5.60 Å². The molecule has 100 valence electrons. The second kappa shape index (κ2) is 5.06. The molecule has 1 heterocycles. The van der Waals surface area contributed by atoms with Crippen LogP contribution in [0.4, 0.5) is 0 Å². The molecule has 2 aromatic carbocycles. The number of rotatable bonds is 3. The Morgan fingerprint density at radius 1 is 1.00 bits per heavy atom. The van der Waals surface area contributed by atoms with Crippen molar-refractivity contribution >= 4 is 10.8 Å². The smallest absolute Gasteiger partial charge is 0.115 e. The fourth-order valence-electron chi connectivity index (χ4n) is 2.75. The molecule has 1 unspecified atom stereocenters. The average molecular weight is 263 g/mol. The van der Waals surface area contributed by atoms with Gasteiger partial charge in [-0.15, -0.1) is 0 Å². The Morgan fingerprint density at radius 2 is 1.80 bits per heavy atom. The first kappa shape index (κ1) is 12.8. The largest absolute Gasteiger partial charge is 0.380 e. The molecule has 1 N–H and O–H groups in total. The van der Waals surface area contributed by atoms with E-state index in [-0.39, 0.29) is 0 Å². The third kappa shape index (κ3) is 1.98. The summed E-state index contributed by atoms with van der Waals surface area (Å²) in [7, 11) is 0. The molecule has 0 aliphatic heterocycles. The number of benzene rings is 2. The van der Waals surface area contributed by atoms with Gasteiger partial charge in [0.15, 0.2) is 0 Å². The van der Waals surface area contributed by atoms with Crippen LogP contribution >= 0.6 is 0 Å². The van der Waals surface area contributed by atoms with E-state index in [0.717, 1.165) is 21.9 Å². The van der Waals surface area contributed by atoms with Crippen LogP contribution in [0, 0.1) is 0 Å². The van der Waals surface area contributed by atoms with Crippen molar-refractivity contribution in [1.82, 2.24) is 4.98 Å². The van der Waals surface area contributed by atoms with Crippen molar-refractivity contribution in [2.45, 2.75) is 18.9 Å². The lowest BCUT2D eigenvalue weighted by molar-refractivity contribution is 0.0781. The predicted octanol–water partition coefficient (Wildman–Crippen LogP) is 3.88. The molecule has 0 aliphatic rings. The van der Waals surface area contributed by atoms with Gasteiger partial charge in [-0.25, -0.2) is 0 Å². The van der Waals surface area contributed by atoms with Crippen molar-refractivity contribution in [3.63, 3.8) is 0 Å². The first-order valence-electron chi connectivity index (χ1n) is 6.87. The summed E-state index contributed by atoms with van der Waals surface area (Å²) in [6.07, 6.45) is 4.23. The summed E-state index contributed by atoms with van der Waals surface area (Å²) in [5.74, 6) is 0. The molecular formula is C18H17NO. The van der Waals surface area contributed by atoms with Crippen LogP contribution in [0.15, 0.2) is 67.0 Å². The van der Waals surface area contributed by atoms with Gasteiger partial charge in [-0.1, -0.05) is 55.5 Å². The van der Waals surface area contributed by atoms with Crippen molar-refractivity contribution in [3.8, 4) is 0 Å². The number of hydrogen-bond donors (Lipinski definition) is 1. The number of aliphatic hydroxyl groups is 1. The Hall–Kier alpha value is -2.19. The molecule has 3 rings (SSSR count). The molecule has 2 nitrogen and oxygen atoms in total. The summed E-state index contributed by atoms with van der Waals surface area (Å²) in [4.78, 5) is 4.15. The minimum atomic E-state index is -0.970. The highest BCUT2D eigenvalue weighted by Gasteiger charge is 2.30. The highest BCUT2D eigenvalue weighted by atomic mass is 16.3. The normalized spacial score (nSPS) is 14.1. The van der Waals surface area contributed by atoms with Gasteiger partial charge in [-0.2, -0.15) is 0 Å². The molecule has 2 heteroatoms. The quantitative estimate of drug-likeness (QED) is 0.778. The zero-order valence-electron chi connectivity index (χ0n) is 11.5. The molecule has 0 saturated heterocycles. The van der Waals surface area contributed by atoms with Gasteiger partial charge in [-0.05, 0) is 29.0 Å². The van der Waals surface area contributed by atoms with Gasteiger partial charge in [0, 0.05) is 17.8 Å². The standard InChI is InChI=1S/C18H17NO/c1-2-18(20,15-8-4-3-5-9-15)17-10-6-7-14-13-19-12-11-16(14)17/h3-13,20H,2H2,1H3. The average Bonchev–Trinajstić information content (AvgIpc) is 2.54. The molecule has 3 aromatic rings. The Labute approximate surface area is 118 Å². The van der Waals surface area contributed by atoms with Crippen LogP contribution in [0.5, 0.6) is 0 Å². The molecular weight excluding hydrogens is 246 g/mol. The fraction of sp³-hybridized carbons (Fsp3) is 0.167. The fourth-order valence-corrected chi connectivity index (χ4v) is 2.75. The summed E-state index contributed by atoms with van der Waals surface area (Å²) in [6.45, 7) is 2.01. The van der Waals surface area contributed by atoms with E-state index >= 15 is 0 Å². The van der Waals surface area contributed by atoms with Crippen LogP contribution in [0.25, 0.3) is 10.8 Å². The lowest BCUT2D eigenvalue weighted by Gasteiger charge is -2.29. The predicted molar refractivity (Wildman–Crippen MR) is 81.5 cm³/mol. The van der Waals surface area contributed by atoms with Gasteiger partial charge < -0.3 is 5.11 Å². The van der Waals surface area contributed by atoms with E-state index in [1.54, 1.807) is 6.20 Å². The van der Waals surface area contributed by atoms with E-state index in [0.29, 0.717) is 6.42 Å². The van der Waals surface area contributed by atoms with E-state index < -0.39 is 5.60 Å². The molecule has 0 radical (unpaired) electrons. The van der Waals surface area contributed by atoms with Gasteiger partial charge in [0.2, 0.25) is 0 Å². The van der Waals surface area contributed by atoms with Crippen LogP contribution in [-0.2, 0) is 5.60 Å². The van der Waals surface area contributed by atoms with E-state index in [4.69, 9.17) is 0 Å². The summed E-state index contributed by atoms with van der Waals surface area (Å²) in [6, 6.07) is 17.8. The third-order valence-electron chi connectivity index (χ3n) is 3.89. The number of pyridine rings is 1. The minimum absolute atomic E-state index is 0.623. The Morgan fingerprint density at radius 3 is 2.55 bits per heavy atom. The van der Waals surface area contributed by atoms with Crippen molar-refractivity contribution < 1.29 is 5.11 Å². The second-order valence-electron chi connectivity index (χ2n) is 4.98. The van der Waals surface area contributed by atoms with E-state index in [9.17, 15) is 5.11 Å². The number of fused-ring (bicyclic) bond motifs is 1. The minimum Gasteiger partial charge on any atom is -0.380 e. The maximum Gasteiger partial charge on any atom is 0.115 e. The highest BCUT2D eigenvalue weighted by molar-refractivity contribution is 5.86. The van der Waals surface area contributed by atoms with Crippen LogP contribution in [0.2, 0.25) is 0 Å². The zero-order chi connectivity index (χ0) is 14.0. The third-order valence-corrected chi connectivity index (χ3v) is 3.89. The van der Waals surface area contributed by atoms with Gasteiger partial charge in [0.25, 0.3) is 0 Å². The molecule has 1 atom stereocenters. The summed E-state index contributed by atoms with van der Waals surface area (Å²) in [5, 5.41) is 13.3. The van der Waals surface area contributed by atoms with Crippen LogP contribution in [0.1, 0.15) is 24.5 Å². The van der Waals surface area contributed by atoms with Crippen molar-refractivity contribution in [2.75, 3.05) is 0 Å². The monoisotopic (exact) mass is 263 g/mol. The maximum atomic E-state index is 11.2. The van der Waals surface area contributed by atoms with Gasteiger partial charge in [-0.3, -0.25) is 4.98 Å². The Balaban J connectivity index is 2.27. The first-order valence-corrected chi connectivity index (χ1v) is 6.87. The van der Waals surface area contributed by atoms with E-state index in [2.05, 4.69) is 4.98 Å². The van der Waals surface area contributed by atoms with Crippen LogP contribution in [0.3, 0.4) is 0 Å². The maximum absolute atomic E-state index is 11.2. The lowest BCUT2D eigenvalue weighted by atomic mass is 9.82. The summed E-state index contributed by atoms with van der Waals surface area (Å²) >= 11 is 0. The Kier molecular flexibility index (Phi) is 3.25. The molecule has 1 aromatic heterocycles. The van der Waals surface area contributed by atoms with Crippen molar-refractivity contribution in [1.29, 1.82) is 0 Å². The molecule has 20 heavy (non-hydrogen) atoms. The summed E-state index contributed by atoms with van der Waals surface area (Å²) in [5.41, 5.74) is 0.889. The topological polar surface area (TPSA) is 33.1 Å². The molecule has 0 saturated carbocycles. The summed E-state index contributed by atoms with van der Waals surface area (Å²) < 4.78 is 0. The van der Waals surface area contributed by atoms with Gasteiger partial charge in [0.05, 0.1) is 0 Å². The number of hydrogen-bond acceptors (Lipinski definition) is 2. The molecule has 0 fully saturated rings. The molecule has 0 amide bonds. The lowest BCUT2D eigenvalue weighted by Crippen LogP contribution is -2.26. The Bertz CT molecular complexity index is 718. The molecule has 0 aliphatic carbocycles. The zero-order valence-corrected chi connectivity index (χ0v) is 11.5. The van der Waals surface area contributed by atoms with Crippen LogP contribution in [-0.4, -0.2) is 10.1 Å². The molecule has 0 spiro atoms. The van der Waals surface area contributed by atoms with Gasteiger partial charge >= 0.3 is 0 Å². The second-order valence-corrected chi connectivity index (χ2v) is 4.98. The number of aromatic nitrogens is 1. The van der Waals surface area contributed by atoms with E-state index in [1.165, 1.54) is 0 Å². The van der Waals surface area contributed by atoms with Crippen molar-refractivity contribution in [2.24, 2.45) is 0 Å². The van der Waals surface area contributed by atoms with Crippen molar-refractivity contribution in [3.05, 3.63) is 78.1 Å². The number of nitrogens with zero attached hydrogens (tertiary/aromatic N) is 1. The highest BCUT2D eigenvalue weighted by Crippen LogP contribution is 2.36. The molecule has 0 bridgehead atoms.